The molecule has 0 fully saturated rings. The number of halogens is 2. The van der Waals surface area contributed by atoms with E-state index in [4.69, 9.17) is 23.2 Å². The number of hydrogen-bond donors (Lipinski definition) is 3. The number of aromatic hydroxyl groups is 2. The van der Waals surface area contributed by atoms with Crippen LogP contribution in [-0.4, -0.2) is 34.5 Å². The number of hydrogen-bond acceptors (Lipinski definition) is 6. The highest BCUT2D eigenvalue weighted by Crippen LogP contribution is 2.41. The molecule has 1 aromatic heterocycles. The van der Waals surface area contributed by atoms with Gasteiger partial charge in [0.2, 0.25) is 0 Å². The molecule has 6 nitrogen and oxygen atoms in total. The van der Waals surface area contributed by atoms with Crippen molar-refractivity contribution in [1.82, 2.24) is 4.98 Å². The van der Waals surface area contributed by atoms with Crippen LogP contribution in [0.4, 0.5) is 11.5 Å². The van der Waals surface area contributed by atoms with Crippen LogP contribution in [0, 0.1) is 0 Å². The molecule has 0 atom stereocenters. The Balaban J connectivity index is 1.45. The van der Waals surface area contributed by atoms with Crippen molar-refractivity contribution in [3.05, 3.63) is 51.0 Å². The molecule has 0 radical (unpaired) electrons. The second-order valence-electron chi connectivity index (χ2n) is 7.65. The zero-order valence-corrected chi connectivity index (χ0v) is 17.6. The molecule has 2 aromatic carbocycles. The summed E-state index contributed by atoms with van der Waals surface area (Å²) < 4.78 is 0. The smallest absolute Gasteiger partial charge is 0.160 e. The lowest BCUT2D eigenvalue weighted by molar-refractivity contribution is 0.461. The van der Waals surface area contributed by atoms with Gasteiger partial charge in [0.25, 0.3) is 0 Å². The molecule has 30 heavy (non-hydrogen) atoms. The Morgan fingerprint density at radius 3 is 2.67 bits per heavy atom. The highest BCUT2D eigenvalue weighted by Gasteiger charge is 2.27. The molecule has 3 aromatic rings. The van der Waals surface area contributed by atoms with E-state index in [1.807, 2.05) is 6.07 Å². The van der Waals surface area contributed by atoms with Crippen molar-refractivity contribution in [3.63, 3.8) is 0 Å². The van der Waals surface area contributed by atoms with E-state index in [0.717, 1.165) is 44.3 Å². The normalized spacial score (nSPS) is 15.6. The first-order valence-corrected chi connectivity index (χ1v) is 10.7. The topological polar surface area (TPSA) is 81.0 Å². The van der Waals surface area contributed by atoms with E-state index in [9.17, 15) is 10.2 Å². The fraction of sp³-hybridized carbons (Fsp3) is 0.273. The van der Waals surface area contributed by atoms with Gasteiger partial charge < -0.3 is 15.1 Å². The van der Waals surface area contributed by atoms with E-state index in [2.05, 4.69) is 20.4 Å². The minimum absolute atomic E-state index is 0.125. The number of aryl methyl sites for hydroxylation is 1. The van der Waals surface area contributed by atoms with Crippen LogP contribution in [0.3, 0.4) is 0 Å². The third-order valence-electron chi connectivity index (χ3n) is 5.76. The van der Waals surface area contributed by atoms with Crippen molar-refractivity contribution >= 4 is 51.8 Å². The van der Waals surface area contributed by atoms with Crippen molar-refractivity contribution in [3.8, 4) is 11.5 Å². The molecule has 2 aliphatic heterocycles. The molecule has 0 spiro atoms. The van der Waals surface area contributed by atoms with E-state index in [1.165, 1.54) is 17.3 Å². The second-order valence-corrected chi connectivity index (χ2v) is 8.46. The van der Waals surface area contributed by atoms with Gasteiger partial charge in [0.15, 0.2) is 5.75 Å². The van der Waals surface area contributed by atoms with Crippen molar-refractivity contribution in [2.75, 3.05) is 23.4 Å². The van der Waals surface area contributed by atoms with E-state index in [1.54, 1.807) is 18.3 Å². The molecule has 3 heterocycles. The van der Waals surface area contributed by atoms with Gasteiger partial charge in [0, 0.05) is 35.3 Å². The molecular weight excluding hydrogens is 423 g/mol. The van der Waals surface area contributed by atoms with Crippen LogP contribution in [0.1, 0.15) is 29.5 Å². The summed E-state index contributed by atoms with van der Waals surface area (Å²) in [5.41, 5.74) is 7.36. The summed E-state index contributed by atoms with van der Waals surface area (Å²) in [6, 6.07) is 6.97. The molecule has 0 unspecified atom stereocenters. The number of fused-ring (bicyclic) bond motifs is 1. The first kappa shape index (κ1) is 19.3. The molecule has 2 aliphatic rings. The first-order chi connectivity index (χ1) is 14.5. The standard InChI is InChI=1S/C22H20Cl2N4O2/c23-16-10-17(24)22(30)19-14(16)5-6-18(26-19)27-25-11-13-9-12-3-1-7-28-8-2-4-15(20(12)28)21(13)29/h5-6,9-11,29-30H,1-4,7-8H2,(H,26,27)/b25-11-. The lowest BCUT2D eigenvalue weighted by Crippen LogP contribution is -2.34. The number of aromatic nitrogens is 1. The fourth-order valence-corrected chi connectivity index (χ4v) is 4.92. The van der Waals surface area contributed by atoms with Crippen LogP contribution in [0.2, 0.25) is 10.0 Å². The van der Waals surface area contributed by atoms with Crippen molar-refractivity contribution < 1.29 is 10.2 Å². The maximum atomic E-state index is 10.8. The van der Waals surface area contributed by atoms with Gasteiger partial charge in [-0.3, -0.25) is 5.43 Å². The first-order valence-electron chi connectivity index (χ1n) is 9.92. The number of nitrogens with zero attached hydrogens (tertiary/aromatic N) is 3. The maximum absolute atomic E-state index is 10.8. The summed E-state index contributed by atoms with van der Waals surface area (Å²) in [7, 11) is 0. The summed E-state index contributed by atoms with van der Waals surface area (Å²) in [4.78, 5) is 6.75. The van der Waals surface area contributed by atoms with Crippen LogP contribution in [-0.2, 0) is 12.8 Å². The second kappa shape index (κ2) is 7.52. The molecule has 3 N–H and O–H groups in total. The van der Waals surface area contributed by atoms with E-state index in [0.29, 0.717) is 33.1 Å². The van der Waals surface area contributed by atoms with Crippen LogP contribution in [0.25, 0.3) is 10.9 Å². The lowest BCUT2D eigenvalue weighted by atomic mass is 9.89. The zero-order chi connectivity index (χ0) is 20.8. The van der Waals surface area contributed by atoms with Crippen LogP contribution in [0.15, 0.2) is 29.4 Å². The number of rotatable bonds is 3. The monoisotopic (exact) mass is 442 g/mol. The molecule has 0 aliphatic carbocycles. The Labute approximate surface area is 183 Å². The third kappa shape index (κ3) is 3.20. The molecule has 0 bridgehead atoms. The number of pyridine rings is 1. The summed E-state index contributed by atoms with van der Waals surface area (Å²) in [5.74, 6) is 0.602. The summed E-state index contributed by atoms with van der Waals surface area (Å²) in [6.45, 7) is 2.12. The third-order valence-corrected chi connectivity index (χ3v) is 6.36. The Hall–Kier alpha value is -2.70. The zero-order valence-electron chi connectivity index (χ0n) is 16.1. The molecule has 0 amide bonds. The minimum atomic E-state index is -0.125. The SMILES string of the molecule is Oc1c(/C=N\Nc2ccc3c(Cl)cc(Cl)c(O)c3n2)cc2c3c1CCCN3CCC2. The summed E-state index contributed by atoms with van der Waals surface area (Å²) >= 11 is 12.2. The average Bonchev–Trinajstić information content (AvgIpc) is 2.75. The fourth-order valence-electron chi connectivity index (χ4n) is 4.40. The van der Waals surface area contributed by atoms with Gasteiger partial charge in [-0.2, -0.15) is 5.10 Å². The number of benzene rings is 2. The van der Waals surface area contributed by atoms with Crippen LogP contribution < -0.4 is 10.3 Å². The molecule has 0 saturated carbocycles. The quantitative estimate of drug-likeness (QED) is 0.388. The Bertz CT molecular complexity index is 1190. The van der Waals surface area contributed by atoms with Gasteiger partial charge in [0.05, 0.1) is 16.3 Å². The molecule has 5 rings (SSSR count). The Morgan fingerprint density at radius 1 is 1.03 bits per heavy atom. The van der Waals surface area contributed by atoms with Gasteiger partial charge in [-0.25, -0.2) is 4.98 Å². The Morgan fingerprint density at radius 2 is 1.83 bits per heavy atom. The molecule has 8 heteroatoms. The number of phenolic OH excluding ortho intramolecular Hbond substituents is 2. The van der Waals surface area contributed by atoms with Gasteiger partial charge >= 0.3 is 0 Å². The van der Waals surface area contributed by atoms with Crippen molar-refractivity contribution in [2.24, 2.45) is 5.10 Å². The van der Waals surface area contributed by atoms with E-state index >= 15 is 0 Å². The molecule has 0 saturated heterocycles. The van der Waals surface area contributed by atoms with Gasteiger partial charge in [-0.05, 0) is 55.5 Å². The Kier molecular flexibility index (Phi) is 4.83. The predicted octanol–water partition coefficient (Wildman–Crippen LogP) is 5.10. The largest absolute Gasteiger partial charge is 0.507 e. The number of hydrazone groups is 1. The number of nitrogens with one attached hydrogen (secondary N) is 1. The highest BCUT2D eigenvalue weighted by atomic mass is 35.5. The molecular formula is C22H20Cl2N4O2. The highest BCUT2D eigenvalue weighted by molar-refractivity contribution is 6.39. The van der Waals surface area contributed by atoms with E-state index < -0.39 is 0 Å². The number of anilines is 2. The van der Waals surface area contributed by atoms with Crippen molar-refractivity contribution in [2.45, 2.75) is 25.7 Å². The number of phenols is 2. The van der Waals surface area contributed by atoms with Gasteiger partial charge in [-0.15, -0.1) is 0 Å². The predicted molar refractivity (Wildman–Crippen MR) is 122 cm³/mol. The van der Waals surface area contributed by atoms with Crippen LogP contribution >= 0.6 is 23.2 Å². The van der Waals surface area contributed by atoms with Gasteiger partial charge in [-0.1, -0.05) is 23.2 Å². The van der Waals surface area contributed by atoms with E-state index in [-0.39, 0.29) is 10.8 Å². The average molecular weight is 443 g/mol. The summed E-state index contributed by atoms with van der Waals surface area (Å²) in [5, 5.41) is 26.4. The summed E-state index contributed by atoms with van der Waals surface area (Å²) in [6.07, 6.45) is 5.68. The lowest BCUT2D eigenvalue weighted by Gasteiger charge is -2.37. The van der Waals surface area contributed by atoms with Gasteiger partial charge in [0.1, 0.15) is 17.1 Å². The minimum Gasteiger partial charge on any atom is -0.507 e. The maximum Gasteiger partial charge on any atom is 0.160 e. The van der Waals surface area contributed by atoms with Crippen molar-refractivity contribution in [1.29, 1.82) is 0 Å². The molecule has 154 valence electrons. The van der Waals surface area contributed by atoms with Crippen LogP contribution in [0.5, 0.6) is 11.5 Å².